The third-order valence-corrected chi connectivity index (χ3v) is 2.86. The molecule has 0 spiro atoms. The fourth-order valence-electron chi connectivity index (χ4n) is 1.31. The first kappa shape index (κ1) is 13.0. The van der Waals surface area contributed by atoms with Crippen LogP contribution >= 0.6 is 0 Å². The lowest BCUT2D eigenvalue weighted by molar-refractivity contribution is -0.177. The lowest BCUT2D eigenvalue weighted by Gasteiger charge is -2.26. The van der Waals surface area contributed by atoms with Gasteiger partial charge in [0.1, 0.15) is 6.61 Å². The van der Waals surface area contributed by atoms with Crippen molar-refractivity contribution in [3.05, 3.63) is 0 Å². The number of ether oxygens (including phenoxy) is 2. The summed E-state index contributed by atoms with van der Waals surface area (Å²) in [6.07, 6.45) is -0.702. The molecule has 0 saturated carbocycles. The smallest absolute Gasteiger partial charge is 0.348 e. The molecule has 0 bridgehead atoms. The highest BCUT2D eigenvalue weighted by Gasteiger charge is 2.48. The Morgan fingerprint density at radius 2 is 2.25 bits per heavy atom. The number of carbonyl (C=O) groups is 2. The summed E-state index contributed by atoms with van der Waals surface area (Å²) in [6.45, 7) is 6.80. The Hall–Kier alpha value is -1.10. The van der Waals surface area contributed by atoms with Gasteiger partial charge in [0.2, 0.25) is 6.10 Å². The molecule has 0 unspecified atom stereocenters. The summed E-state index contributed by atoms with van der Waals surface area (Å²) in [6, 6.07) is 0. The van der Waals surface area contributed by atoms with E-state index in [0.717, 1.165) is 0 Å². The van der Waals surface area contributed by atoms with Crippen LogP contribution in [0.1, 0.15) is 34.1 Å². The fourth-order valence-corrected chi connectivity index (χ4v) is 1.31. The van der Waals surface area contributed by atoms with Gasteiger partial charge >= 0.3 is 11.9 Å². The molecule has 0 radical (unpaired) electrons. The van der Waals surface area contributed by atoms with Crippen molar-refractivity contribution in [1.82, 2.24) is 0 Å². The summed E-state index contributed by atoms with van der Waals surface area (Å²) in [5, 5.41) is 9.68. The minimum Gasteiger partial charge on any atom is -0.462 e. The standard InChI is InChI=1S/C11H18O5/c1-5-11(4,14)9(13)16-7-8(12)15-6-10(7,2)3/h7,14H,5-6H2,1-4H3/t7-,11+/m0/s1. The van der Waals surface area contributed by atoms with Crippen molar-refractivity contribution in [2.24, 2.45) is 5.41 Å². The molecule has 2 atom stereocenters. The van der Waals surface area contributed by atoms with E-state index in [1.807, 2.05) is 0 Å². The van der Waals surface area contributed by atoms with Crippen LogP contribution in [-0.2, 0) is 19.1 Å². The first-order chi connectivity index (χ1) is 7.20. The Morgan fingerprint density at radius 1 is 1.69 bits per heavy atom. The molecule has 0 amide bonds. The predicted molar refractivity (Wildman–Crippen MR) is 55.5 cm³/mol. The SMILES string of the molecule is CC[C@@](C)(O)C(=O)O[C@H]1C(=O)OCC1(C)C. The molecule has 1 N–H and O–H groups in total. The zero-order chi connectivity index (χ0) is 12.6. The molecule has 1 aliphatic rings. The van der Waals surface area contributed by atoms with Gasteiger partial charge in [-0.3, -0.25) is 0 Å². The van der Waals surface area contributed by atoms with Crippen LogP contribution in [0, 0.1) is 5.41 Å². The molecule has 0 aliphatic carbocycles. The molecule has 92 valence electrons. The lowest BCUT2D eigenvalue weighted by Crippen LogP contribution is -2.43. The summed E-state index contributed by atoms with van der Waals surface area (Å²) >= 11 is 0. The van der Waals surface area contributed by atoms with Gasteiger partial charge in [-0.15, -0.1) is 0 Å². The summed E-state index contributed by atoms with van der Waals surface area (Å²) in [7, 11) is 0. The number of esters is 2. The van der Waals surface area contributed by atoms with Gasteiger partial charge in [-0.25, -0.2) is 9.59 Å². The second-order valence-corrected chi connectivity index (χ2v) is 5.01. The molecule has 0 aromatic carbocycles. The van der Waals surface area contributed by atoms with Crippen molar-refractivity contribution >= 4 is 11.9 Å². The summed E-state index contributed by atoms with van der Waals surface area (Å²) in [5.74, 6) is -1.34. The number of rotatable bonds is 3. The van der Waals surface area contributed by atoms with Gasteiger partial charge in [-0.05, 0) is 13.3 Å². The minimum atomic E-state index is -1.56. The van der Waals surface area contributed by atoms with Crippen molar-refractivity contribution < 1.29 is 24.2 Å². The van der Waals surface area contributed by atoms with E-state index in [0.29, 0.717) is 0 Å². The van der Waals surface area contributed by atoms with E-state index in [1.165, 1.54) is 6.92 Å². The Bertz CT molecular complexity index is 305. The molecule has 16 heavy (non-hydrogen) atoms. The maximum Gasteiger partial charge on any atom is 0.348 e. The summed E-state index contributed by atoms with van der Waals surface area (Å²) in [4.78, 5) is 23.0. The maximum atomic E-state index is 11.6. The molecule has 1 fully saturated rings. The zero-order valence-electron chi connectivity index (χ0n) is 10.1. The van der Waals surface area contributed by atoms with Gasteiger partial charge in [0.25, 0.3) is 0 Å². The first-order valence-electron chi connectivity index (χ1n) is 5.31. The molecule has 1 aliphatic heterocycles. The van der Waals surface area contributed by atoms with Crippen LogP contribution in [0.25, 0.3) is 0 Å². The van der Waals surface area contributed by atoms with Crippen molar-refractivity contribution in [2.45, 2.75) is 45.8 Å². The van der Waals surface area contributed by atoms with Crippen LogP contribution < -0.4 is 0 Å². The molecule has 0 aromatic heterocycles. The van der Waals surface area contributed by atoms with Gasteiger partial charge in [-0.2, -0.15) is 0 Å². The number of cyclic esters (lactones) is 1. The zero-order valence-corrected chi connectivity index (χ0v) is 10.1. The quantitative estimate of drug-likeness (QED) is 0.720. The Morgan fingerprint density at radius 3 is 2.62 bits per heavy atom. The topological polar surface area (TPSA) is 72.8 Å². The van der Waals surface area contributed by atoms with E-state index in [2.05, 4.69) is 0 Å². The van der Waals surface area contributed by atoms with E-state index in [4.69, 9.17) is 9.47 Å². The molecule has 0 aromatic rings. The monoisotopic (exact) mass is 230 g/mol. The number of hydrogen-bond donors (Lipinski definition) is 1. The van der Waals surface area contributed by atoms with E-state index < -0.39 is 29.1 Å². The van der Waals surface area contributed by atoms with Crippen LogP contribution in [0.15, 0.2) is 0 Å². The Labute approximate surface area is 94.7 Å². The lowest BCUT2D eigenvalue weighted by atomic mass is 9.89. The highest BCUT2D eigenvalue weighted by atomic mass is 16.6. The van der Waals surface area contributed by atoms with Gasteiger partial charge < -0.3 is 14.6 Å². The van der Waals surface area contributed by atoms with Crippen LogP contribution in [0.4, 0.5) is 0 Å². The molecular formula is C11H18O5. The third kappa shape index (κ3) is 2.35. The fraction of sp³-hybridized carbons (Fsp3) is 0.818. The van der Waals surface area contributed by atoms with Gasteiger partial charge in [-0.1, -0.05) is 20.8 Å². The molecular weight excluding hydrogens is 212 g/mol. The van der Waals surface area contributed by atoms with E-state index in [9.17, 15) is 14.7 Å². The molecule has 1 heterocycles. The van der Waals surface area contributed by atoms with Crippen molar-refractivity contribution in [1.29, 1.82) is 0 Å². The normalized spacial score (nSPS) is 27.1. The molecule has 5 nitrogen and oxygen atoms in total. The molecule has 1 rings (SSSR count). The summed E-state index contributed by atoms with van der Waals surface area (Å²) < 4.78 is 9.86. The van der Waals surface area contributed by atoms with Crippen LogP contribution in [0.3, 0.4) is 0 Å². The summed E-state index contributed by atoms with van der Waals surface area (Å²) in [5.41, 5.74) is -2.10. The van der Waals surface area contributed by atoms with E-state index in [-0.39, 0.29) is 13.0 Å². The second kappa shape index (κ2) is 4.05. The molecule has 5 heteroatoms. The van der Waals surface area contributed by atoms with Crippen molar-refractivity contribution in [3.63, 3.8) is 0 Å². The number of aliphatic hydroxyl groups is 1. The predicted octanol–water partition coefficient (Wildman–Crippen LogP) is 0.642. The molecule has 1 saturated heterocycles. The minimum absolute atomic E-state index is 0.220. The van der Waals surface area contributed by atoms with Crippen LogP contribution in [0.5, 0.6) is 0 Å². The number of hydrogen-bond acceptors (Lipinski definition) is 5. The largest absolute Gasteiger partial charge is 0.462 e. The van der Waals surface area contributed by atoms with Gasteiger partial charge in [0.05, 0.1) is 0 Å². The third-order valence-electron chi connectivity index (χ3n) is 2.86. The highest BCUT2D eigenvalue weighted by molar-refractivity contribution is 5.85. The van der Waals surface area contributed by atoms with Crippen LogP contribution in [-0.4, -0.2) is 35.4 Å². The average molecular weight is 230 g/mol. The maximum absolute atomic E-state index is 11.6. The Kier molecular flexibility index (Phi) is 3.28. The van der Waals surface area contributed by atoms with Crippen LogP contribution in [0.2, 0.25) is 0 Å². The first-order valence-corrected chi connectivity index (χ1v) is 5.31. The van der Waals surface area contributed by atoms with Gasteiger partial charge in [0.15, 0.2) is 5.60 Å². The second-order valence-electron chi connectivity index (χ2n) is 5.01. The Balaban J connectivity index is 2.74. The van der Waals surface area contributed by atoms with Gasteiger partial charge in [0, 0.05) is 5.41 Å². The highest BCUT2D eigenvalue weighted by Crippen LogP contribution is 2.32. The average Bonchev–Trinajstić information content (AvgIpc) is 2.44. The van der Waals surface area contributed by atoms with E-state index in [1.54, 1.807) is 20.8 Å². The number of carbonyl (C=O) groups excluding carboxylic acids is 2. The van der Waals surface area contributed by atoms with Crippen molar-refractivity contribution in [3.8, 4) is 0 Å². The van der Waals surface area contributed by atoms with Crippen molar-refractivity contribution in [2.75, 3.05) is 6.61 Å². The van der Waals surface area contributed by atoms with E-state index >= 15 is 0 Å².